The monoisotopic (exact) mass is 237 g/mol. The van der Waals surface area contributed by atoms with Crippen molar-refractivity contribution in [2.24, 2.45) is 21.9 Å². The predicted octanol–water partition coefficient (Wildman–Crippen LogP) is 2.46. The van der Waals surface area contributed by atoms with Gasteiger partial charge in [-0.05, 0) is 18.6 Å². The van der Waals surface area contributed by atoms with E-state index >= 15 is 0 Å². The second-order valence-electron chi connectivity index (χ2n) is 4.04. The zero-order valence-electron chi connectivity index (χ0n) is 9.45. The average molecular weight is 237 g/mol. The van der Waals surface area contributed by atoms with Crippen molar-refractivity contribution in [1.82, 2.24) is 0 Å². The molecule has 1 aromatic carbocycles. The van der Waals surface area contributed by atoms with E-state index in [2.05, 4.69) is 10.2 Å². The molecule has 1 heterocycles. The summed E-state index contributed by atoms with van der Waals surface area (Å²) in [5.41, 5.74) is 6.63. The molecule has 0 fully saturated rings. The first-order valence-corrected chi connectivity index (χ1v) is 5.46. The van der Waals surface area contributed by atoms with E-state index in [0.29, 0.717) is 23.5 Å². The van der Waals surface area contributed by atoms with Crippen LogP contribution in [0.25, 0.3) is 0 Å². The van der Waals surface area contributed by atoms with Gasteiger partial charge in [-0.3, -0.25) is 0 Å². The number of rotatable bonds is 2. The fourth-order valence-corrected chi connectivity index (χ4v) is 1.92. The van der Waals surface area contributed by atoms with Crippen LogP contribution in [-0.4, -0.2) is 11.5 Å². The highest BCUT2D eigenvalue weighted by Crippen LogP contribution is 2.22. The number of nitrogens with two attached hydrogens (primary N) is 1. The van der Waals surface area contributed by atoms with E-state index in [4.69, 9.17) is 5.73 Å². The maximum Gasteiger partial charge on any atom is 0.126 e. The first kappa shape index (κ1) is 11.7. The number of hydrogen-bond donors (Lipinski definition) is 1. The van der Waals surface area contributed by atoms with Gasteiger partial charge in [0.25, 0.3) is 0 Å². The van der Waals surface area contributed by atoms with Gasteiger partial charge in [-0.25, -0.2) is 8.78 Å². The van der Waals surface area contributed by atoms with Gasteiger partial charge < -0.3 is 5.73 Å². The van der Waals surface area contributed by atoms with Gasteiger partial charge in [-0.15, -0.1) is 5.10 Å². The molecule has 0 aliphatic carbocycles. The summed E-state index contributed by atoms with van der Waals surface area (Å²) in [7, 11) is 0. The summed E-state index contributed by atoms with van der Waals surface area (Å²) >= 11 is 0. The summed E-state index contributed by atoms with van der Waals surface area (Å²) in [6.07, 6.45) is 1.38. The minimum absolute atomic E-state index is 0.0636. The highest BCUT2D eigenvalue weighted by Gasteiger charge is 2.22. The van der Waals surface area contributed by atoms with Gasteiger partial charge in [0.15, 0.2) is 0 Å². The predicted molar refractivity (Wildman–Crippen MR) is 62.9 cm³/mol. The van der Waals surface area contributed by atoms with E-state index in [1.807, 2.05) is 6.92 Å². The van der Waals surface area contributed by atoms with Crippen LogP contribution in [0.1, 0.15) is 25.3 Å². The Morgan fingerprint density at radius 2 is 1.88 bits per heavy atom. The van der Waals surface area contributed by atoms with Gasteiger partial charge in [0, 0.05) is 24.0 Å². The lowest BCUT2D eigenvalue weighted by Gasteiger charge is -2.19. The van der Waals surface area contributed by atoms with Crippen molar-refractivity contribution in [3.63, 3.8) is 0 Å². The van der Waals surface area contributed by atoms with E-state index in [-0.39, 0.29) is 5.92 Å². The average Bonchev–Trinajstić information content (AvgIpc) is 2.27. The van der Waals surface area contributed by atoms with E-state index in [9.17, 15) is 8.78 Å². The third kappa shape index (κ3) is 2.49. The molecular formula is C12H13F2N3. The van der Waals surface area contributed by atoms with Crippen molar-refractivity contribution in [3.8, 4) is 0 Å². The zero-order chi connectivity index (χ0) is 12.4. The van der Waals surface area contributed by atoms with E-state index in [1.165, 1.54) is 12.1 Å². The zero-order valence-corrected chi connectivity index (χ0v) is 9.45. The van der Waals surface area contributed by atoms with Crippen LogP contribution in [0, 0.1) is 17.6 Å². The molecule has 5 heteroatoms. The molecule has 2 N–H and O–H groups in total. The van der Waals surface area contributed by atoms with Crippen LogP contribution in [0.15, 0.2) is 28.4 Å². The topological polar surface area (TPSA) is 50.7 Å². The minimum atomic E-state index is -0.611. The molecule has 0 aromatic heterocycles. The van der Waals surface area contributed by atoms with Gasteiger partial charge in [0.05, 0.1) is 5.71 Å². The lowest BCUT2D eigenvalue weighted by atomic mass is 9.90. The molecule has 1 aromatic rings. The largest absolute Gasteiger partial charge is 0.386 e. The molecular weight excluding hydrogens is 224 g/mol. The highest BCUT2D eigenvalue weighted by atomic mass is 19.1. The molecule has 90 valence electrons. The second-order valence-corrected chi connectivity index (χ2v) is 4.04. The molecule has 1 unspecified atom stereocenters. The molecule has 0 amide bonds. The van der Waals surface area contributed by atoms with Crippen LogP contribution in [0.5, 0.6) is 0 Å². The summed E-state index contributed by atoms with van der Waals surface area (Å²) < 4.78 is 26.3. The number of hydrogen-bond acceptors (Lipinski definition) is 3. The summed E-state index contributed by atoms with van der Waals surface area (Å²) in [4.78, 5) is 0. The minimum Gasteiger partial charge on any atom is -0.386 e. The fraction of sp³-hybridized carbons (Fsp3) is 0.333. The Bertz CT molecular complexity index is 474. The standard InChI is InChI=1S/C12H13F2N3/c1-2-7-5-11(15)16-17-12(7)8-3-9(13)6-10(14)4-8/h3-4,6-7H,2,5H2,1H3,(H2,15,16). The summed E-state index contributed by atoms with van der Waals surface area (Å²) in [6.45, 7) is 1.98. The Morgan fingerprint density at radius 3 is 2.47 bits per heavy atom. The smallest absolute Gasteiger partial charge is 0.126 e. The number of amidine groups is 1. The first-order chi connectivity index (χ1) is 8.10. The molecule has 1 aliphatic heterocycles. The third-order valence-electron chi connectivity index (χ3n) is 2.78. The molecule has 1 atom stereocenters. The maximum absolute atomic E-state index is 13.1. The lowest BCUT2D eigenvalue weighted by Crippen LogP contribution is -2.26. The van der Waals surface area contributed by atoms with Crippen LogP contribution in [0.2, 0.25) is 0 Å². The Labute approximate surface area is 98.0 Å². The van der Waals surface area contributed by atoms with Gasteiger partial charge in [-0.1, -0.05) is 6.92 Å². The highest BCUT2D eigenvalue weighted by molar-refractivity contribution is 6.05. The first-order valence-electron chi connectivity index (χ1n) is 5.46. The van der Waals surface area contributed by atoms with Gasteiger partial charge in [0.1, 0.15) is 17.5 Å². The maximum atomic E-state index is 13.1. The van der Waals surface area contributed by atoms with Gasteiger partial charge in [0.2, 0.25) is 0 Å². The Balaban J connectivity index is 2.44. The summed E-state index contributed by atoms with van der Waals surface area (Å²) in [6, 6.07) is 3.37. The molecule has 1 aliphatic rings. The van der Waals surface area contributed by atoms with E-state index in [1.54, 1.807) is 0 Å². The van der Waals surface area contributed by atoms with Crippen molar-refractivity contribution in [3.05, 3.63) is 35.4 Å². The molecule has 0 saturated heterocycles. The fourth-order valence-electron chi connectivity index (χ4n) is 1.92. The van der Waals surface area contributed by atoms with Crippen LogP contribution < -0.4 is 5.73 Å². The Hall–Kier alpha value is -1.78. The molecule has 0 radical (unpaired) electrons. The second kappa shape index (κ2) is 4.61. The number of halogens is 2. The Morgan fingerprint density at radius 1 is 1.24 bits per heavy atom. The molecule has 0 spiro atoms. The normalized spacial score (nSPS) is 19.8. The van der Waals surface area contributed by atoms with Crippen molar-refractivity contribution in [2.75, 3.05) is 0 Å². The quantitative estimate of drug-likeness (QED) is 0.843. The Kier molecular flexibility index (Phi) is 3.17. The molecule has 0 bridgehead atoms. The molecule has 3 nitrogen and oxygen atoms in total. The van der Waals surface area contributed by atoms with Crippen LogP contribution in [0.4, 0.5) is 8.78 Å². The van der Waals surface area contributed by atoms with Crippen molar-refractivity contribution < 1.29 is 8.78 Å². The van der Waals surface area contributed by atoms with Gasteiger partial charge in [-0.2, -0.15) is 5.10 Å². The van der Waals surface area contributed by atoms with Crippen LogP contribution >= 0.6 is 0 Å². The molecule has 2 rings (SSSR count). The van der Waals surface area contributed by atoms with Crippen LogP contribution in [-0.2, 0) is 0 Å². The van der Waals surface area contributed by atoms with E-state index in [0.717, 1.165) is 12.5 Å². The third-order valence-corrected chi connectivity index (χ3v) is 2.78. The lowest BCUT2D eigenvalue weighted by molar-refractivity contribution is 0.581. The summed E-state index contributed by atoms with van der Waals surface area (Å²) in [5.74, 6) is -0.702. The molecule has 17 heavy (non-hydrogen) atoms. The number of benzene rings is 1. The van der Waals surface area contributed by atoms with Crippen molar-refractivity contribution >= 4 is 11.5 Å². The van der Waals surface area contributed by atoms with E-state index < -0.39 is 11.6 Å². The number of nitrogens with zero attached hydrogens (tertiary/aromatic N) is 2. The van der Waals surface area contributed by atoms with Crippen molar-refractivity contribution in [2.45, 2.75) is 19.8 Å². The summed E-state index contributed by atoms with van der Waals surface area (Å²) in [5, 5.41) is 7.74. The van der Waals surface area contributed by atoms with Crippen LogP contribution in [0.3, 0.4) is 0 Å². The van der Waals surface area contributed by atoms with Gasteiger partial charge >= 0.3 is 0 Å². The SMILES string of the molecule is CCC1CC(N)=NN=C1c1cc(F)cc(F)c1. The molecule has 0 saturated carbocycles. The van der Waals surface area contributed by atoms with Crippen molar-refractivity contribution in [1.29, 1.82) is 0 Å².